The quantitative estimate of drug-likeness (QED) is 0.169. The van der Waals surface area contributed by atoms with E-state index in [1.807, 2.05) is 0 Å². The summed E-state index contributed by atoms with van der Waals surface area (Å²) in [6, 6.07) is 6.43. The third-order valence-electron chi connectivity index (χ3n) is 4.79. The summed E-state index contributed by atoms with van der Waals surface area (Å²) < 4.78 is 77.7. The molecular formula is C23H17BrCl3F6NO2. The van der Waals surface area contributed by atoms with E-state index in [1.165, 1.54) is 24.3 Å². The Morgan fingerprint density at radius 2 is 1.58 bits per heavy atom. The van der Waals surface area contributed by atoms with Crippen LogP contribution >= 0.6 is 50.7 Å². The fourth-order valence-corrected chi connectivity index (χ4v) is 4.29. The van der Waals surface area contributed by atoms with Gasteiger partial charge in [0.05, 0.1) is 21.0 Å². The van der Waals surface area contributed by atoms with Crippen molar-refractivity contribution in [2.45, 2.75) is 37.5 Å². The van der Waals surface area contributed by atoms with Gasteiger partial charge in [-0.3, -0.25) is 9.59 Å². The molecule has 0 aliphatic carbocycles. The molecule has 1 atom stereocenters. The summed E-state index contributed by atoms with van der Waals surface area (Å²) in [5.41, 5.74) is 0.361. The maximum Gasteiger partial charge on any atom is 0.405 e. The lowest BCUT2D eigenvalue weighted by Gasteiger charge is -2.18. The molecule has 2 aromatic rings. The average Bonchev–Trinajstić information content (AvgIpc) is 2.74. The lowest BCUT2D eigenvalue weighted by atomic mass is 9.96. The summed E-state index contributed by atoms with van der Waals surface area (Å²) in [5.74, 6) is -3.25. The Morgan fingerprint density at radius 3 is 2.11 bits per heavy atom. The Labute approximate surface area is 225 Å². The first kappa shape index (κ1) is 30.5. The molecule has 0 saturated carbocycles. The fourth-order valence-electron chi connectivity index (χ4n) is 3.06. The number of allylic oxidation sites excluding steroid dienone is 1. The van der Waals surface area contributed by atoms with Gasteiger partial charge in [-0.05, 0) is 41.8 Å². The molecule has 0 aromatic heterocycles. The number of carbonyl (C=O) groups excluding carboxylic acids is 2. The number of benzene rings is 2. The van der Waals surface area contributed by atoms with Crippen molar-refractivity contribution >= 4 is 68.5 Å². The molecule has 0 radical (unpaired) electrons. The van der Waals surface area contributed by atoms with E-state index in [0.717, 1.165) is 18.2 Å². The summed E-state index contributed by atoms with van der Waals surface area (Å²) in [6.45, 7) is -1.45. The number of halogens is 10. The van der Waals surface area contributed by atoms with Gasteiger partial charge in [-0.15, -0.1) is 0 Å². The lowest BCUT2D eigenvalue weighted by Crippen LogP contribution is -2.33. The first-order valence-corrected chi connectivity index (χ1v) is 12.1. The summed E-state index contributed by atoms with van der Waals surface area (Å²) in [4.78, 5) is 23.8. The minimum Gasteiger partial charge on any atom is -0.347 e. The molecule has 13 heteroatoms. The number of nitrogens with one attached hydrogen (secondary N) is 1. The van der Waals surface area contributed by atoms with E-state index in [-0.39, 0.29) is 51.2 Å². The highest BCUT2D eigenvalue weighted by Gasteiger charge is 2.39. The van der Waals surface area contributed by atoms with Gasteiger partial charge in [-0.25, -0.2) is 0 Å². The lowest BCUT2D eigenvalue weighted by molar-refractivity contribution is -0.139. The van der Waals surface area contributed by atoms with Gasteiger partial charge in [-0.2, -0.15) is 26.3 Å². The molecule has 0 heterocycles. The first-order chi connectivity index (χ1) is 16.6. The van der Waals surface area contributed by atoms with Crippen LogP contribution in [-0.4, -0.2) is 30.6 Å². The van der Waals surface area contributed by atoms with E-state index >= 15 is 0 Å². The Morgan fingerprint density at radius 1 is 0.972 bits per heavy atom. The SMILES string of the molecule is O=C(CCCC(=O)c1ccc(/C=C/C(c2cc(Cl)c(Cl)c(Cl)c2)C(F)(F)F)cc1Br)NCC(F)(F)F. The van der Waals surface area contributed by atoms with Crippen molar-refractivity contribution < 1.29 is 35.9 Å². The molecule has 0 saturated heterocycles. The highest BCUT2D eigenvalue weighted by molar-refractivity contribution is 9.10. The van der Waals surface area contributed by atoms with Gasteiger partial charge in [0.1, 0.15) is 6.54 Å². The molecule has 0 bridgehead atoms. The van der Waals surface area contributed by atoms with Crippen LogP contribution in [0.15, 0.2) is 40.9 Å². The van der Waals surface area contributed by atoms with E-state index in [0.29, 0.717) is 10.0 Å². The van der Waals surface area contributed by atoms with Crippen LogP contribution in [0.2, 0.25) is 15.1 Å². The average molecular weight is 640 g/mol. The number of alkyl halides is 6. The Bertz CT molecular complexity index is 1130. The number of rotatable bonds is 9. The number of Topliss-reactive ketones (excluding diaryl/α,β-unsaturated/α-hetero) is 1. The molecule has 0 spiro atoms. The van der Waals surface area contributed by atoms with Crippen LogP contribution in [0.3, 0.4) is 0 Å². The molecule has 2 rings (SSSR count). The third-order valence-corrected chi connectivity index (χ3v) is 6.64. The topological polar surface area (TPSA) is 46.2 Å². The van der Waals surface area contributed by atoms with Gasteiger partial charge >= 0.3 is 12.4 Å². The van der Waals surface area contributed by atoms with Gasteiger partial charge in [-0.1, -0.05) is 69.0 Å². The minimum atomic E-state index is -4.66. The van der Waals surface area contributed by atoms with Gasteiger partial charge in [0.25, 0.3) is 0 Å². The second-order valence-electron chi connectivity index (χ2n) is 7.58. The normalized spacial score (nSPS) is 13.2. The van der Waals surface area contributed by atoms with Gasteiger partial charge in [0, 0.05) is 22.9 Å². The maximum atomic E-state index is 13.7. The molecule has 0 aliphatic heterocycles. The van der Waals surface area contributed by atoms with Crippen LogP contribution in [0.1, 0.15) is 46.7 Å². The monoisotopic (exact) mass is 637 g/mol. The summed E-state index contributed by atoms with van der Waals surface area (Å²) in [7, 11) is 0. The van der Waals surface area contributed by atoms with E-state index in [1.54, 1.807) is 5.32 Å². The zero-order chi connectivity index (χ0) is 27.3. The predicted molar refractivity (Wildman–Crippen MR) is 131 cm³/mol. The van der Waals surface area contributed by atoms with Crippen LogP contribution in [0.5, 0.6) is 0 Å². The second kappa shape index (κ2) is 12.7. The highest BCUT2D eigenvalue weighted by Crippen LogP contribution is 2.41. The molecule has 1 amide bonds. The molecule has 0 fully saturated rings. The predicted octanol–water partition coefficient (Wildman–Crippen LogP) is 8.80. The standard InChI is InChI=1S/C23H17BrCl3F6NO2/c24-16-8-12(4-6-14(16)19(35)2-1-3-20(36)34-11-22(28,29)30)5-7-15(23(31,32)33)13-9-17(25)21(27)18(26)10-13/h4-10,15H,1-3,11H2,(H,34,36)/b7-5+. The summed E-state index contributed by atoms with van der Waals surface area (Å²) in [5, 5.41) is 1.42. The molecule has 3 nitrogen and oxygen atoms in total. The first-order valence-electron chi connectivity index (χ1n) is 10.1. The number of hydrogen-bond acceptors (Lipinski definition) is 2. The van der Waals surface area contributed by atoms with Crippen molar-refractivity contribution in [1.82, 2.24) is 5.32 Å². The molecular weight excluding hydrogens is 623 g/mol. The van der Waals surface area contributed by atoms with Crippen molar-refractivity contribution in [2.75, 3.05) is 6.54 Å². The fraction of sp³-hybridized carbons (Fsp3) is 0.304. The zero-order valence-corrected chi connectivity index (χ0v) is 21.9. The van der Waals surface area contributed by atoms with E-state index in [4.69, 9.17) is 34.8 Å². The van der Waals surface area contributed by atoms with Crippen molar-refractivity contribution in [3.63, 3.8) is 0 Å². The van der Waals surface area contributed by atoms with Crippen LogP contribution in [0, 0.1) is 0 Å². The van der Waals surface area contributed by atoms with E-state index < -0.39 is 30.7 Å². The number of ketones is 1. The Balaban J connectivity index is 2.09. The number of amides is 1. The minimum absolute atomic E-state index is 0.0239. The Hall–Kier alpha value is -1.75. The molecule has 0 aliphatic rings. The molecule has 1 N–H and O–H groups in total. The van der Waals surface area contributed by atoms with Crippen LogP contribution in [0.4, 0.5) is 26.3 Å². The van der Waals surface area contributed by atoms with Gasteiger partial charge in [0.15, 0.2) is 5.78 Å². The van der Waals surface area contributed by atoms with Crippen LogP contribution in [-0.2, 0) is 4.79 Å². The molecule has 1 unspecified atom stereocenters. The number of carbonyl (C=O) groups is 2. The van der Waals surface area contributed by atoms with Crippen molar-refractivity contribution in [1.29, 1.82) is 0 Å². The van der Waals surface area contributed by atoms with Crippen LogP contribution in [0.25, 0.3) is 6.08 Å². The van der Waals surface area contributed by atoms with Crippen molar-refractivity contribution in [3.8, 4) is 0 Å². The molecule has 36 heavy (non-hydrogen) atoms. The van der Waals surface area contributed by atoms with Crippen LogP contribution < -0.4 is 5.32 Å². The van der Waals surface area contributed by atoms with Gasteiger partial charge < -0.3 is 5.32 Å². The largest absolute Gasteiger partial charge is 0.405 e. The smallest absolute Gasteiger partial charge is 0.347 e. The van der Waals surface area contributed by atoms with Crippen molar-refractivity contribution in [3.05, 3.63) is 72.6 Å². The maximum absolute atomic E-state index is 13.7. The van der Waals surface area contributed by atoms with E-state index in [2.05, 4.69) is 15.9 Å². The molecule has 2 aromatic carbocycles. The summed E-state index contributed by atoms with van der Waals surface area (Å²) in [6.07, 6.45) is -7.40. The summed E-state index contributed by atoms with van der Waals surface area (Å²) >= 11 is 20.8. The molecule has 196 valence electrons. The second-order valence-corrected chi connectivity index (χ2v) is 9.63. The third kappa shape index (κ3) is 9.28. The Kier molecular flexibility index (Phi) is 10.7. The number of hydrogen-bond donors (Lipinski definition) is 1. The highest BCUT2D eigenvalue weighted by atomic mass is 79.9. The van der Waals surface area contributed by atoms with Crippen molar-refractivity contribution in [2.24, 2.45) is 0 Å². The van der Waals surface area contributed by atoms with Gasteiger partial charge in [0.2, 0.25) is 5.91 Å². The zero-order valence-electron chi connectivity index (χ0n) is 18.0. The van der Waals surface area contributed by atoms with E-state index in [9.17, 15) is 35.9 Å².